The third kappa shape index (κ3) is 2.87. The van der Waals surface area contributed by atoms with Gasteiger partial charge in [-0.25, -0.2) is 0 Å². The average Bonchev–Trinajstić information content (AvgIpc) is 2.87. The maximum absolute atomic E-state index is 12.3. The molecule has 0 spiro atoms. The molecule has 0 aliphatic carbocycles. The van der Waals surface area contributed by atoms with Crippen molar-refractivity contribution in [3.63, 3.8) is 0 Å². The van der Waals surface area contributed by atoms with Crippen molar-refractivity contribution in [1.29, 1.82) is 0 Å². The zero-order chi connectivity index (χ0) is 13.2. The third-order valence-corrected chi connectivity index (χ3v) is 2.02. The van der Waals surface area contributed by atoms with E-state index in [2.05, 4.69) is 20.6 Å². The smallest absolute Gasteiger partial charge is 0.322 e. The largest absolute Gasteiger partial charge is 0.435 e. The number of anilines is 1. The monoisotopic (exact) mass is 259 g/mol. The highest BCUT2D eigenvalue weighted by molar-refractivity contribution is 5.90. The van der Waals surface area contributed by atoms with Crippen LogP contribution in [0.3, 0.4) is 0 Å². The predicted molar refractivity (Wildman–Crippen MR) is 54.4 cm³/mol. The second-order valence-corrected chi connectivity index (χ2v) is 3.43. The topological polar surface area (TPSA) is 75.6 Å². The van der Waals surface area contributed by atoms with Gasteiger partial charge >= 0.3 is 6.18 Å². The van der Waals surface area contributed by atoms with E-state index in [1.807, 2.05) is 0 Å². The molecule has 0 atom stereocenters. The van der Waals surface area contributed by atoms with E-state index in [0.717, 1.165) is 16.9 Å². The molecule has 2 aromatic rings. The first-order chi connectivity index (χ1) is 8.45. The average molecular weight is 259 g/mol. The van der Waals surface area contributed by atoms with Gasteiger partial charge in [0.2, 0.25) is 5.91 Å². The highest BCUT2D eigenvalue weighted by Crippen LogP contribution is 2.27. The number of amides is 1. The van der Waals surface area contributed by atoms with Crippen molar-refractivity contribution in [2.24, 2.45) is 0 Å². The molecule has 0 saturated carbocycles. The van der Waals surface area contributed by atoms with Crippen LogP contribution in [0.15, 0.2) is 24.7 Å². The molecule has 96 valence electrons. The number of carbonyl (C=O) groups excluding carboxylic acids is 1. The minimum absolute atomic E-state index is 0.304. The lowest BCUT2D eigenvalue weighted by Gasteiger charge is -2.03. The number of alkyl halides is 3. The Hall–Kier alpha value is -2.32. The molecule has 0 aliphatic heterocycles. The van der Waals surface area contributed by atoms with E-state index in [1.54, 1.807) is 0 Å². The van der Waals surface area contributed by atoms with Crippen molar-refractivity contribution >= 4 is 11.6 Å². The quantitative estimate of drug-likeness (QED) is 0.871. The van der Waals surface area contributed by atoms with Gasteiger partial charge in [0.25, 0.3) is 0 Å². The van der Waals surface area contributed by atoms with Crippen molar-refractivity contribution < 1.29 is 18.0 Å². The SMILES string of the molecule is O=C(Cn1ccc(C(F)(F)F)n1)Nc1cn[nH]c1. The number of halogens is 3. The molecule has 1 amide bonds. The van der Waals surface area contributed by atoms with Crippen LogP contribution in [0.25, 0.3) is 0 Å². The Balaban J connectivity index is 1.97. The van der Waals surface area contributed by atoms with Gasteiger partial charge in [0.05, 0.1) is 11.9 Å². The summed E-state index contributed by atoms with van der Waals surface area (Å²) in [6.45, 7) is -0.304. The fraction of sp³-hybridized carbons (Fsp3) is 0.222. The van der Waals surface area contributed by atoms with Crippen molar-refractivity contribution in [3.8, 4) is 0 Å². The summed E-state index contributed by atoms with van der Waals surface area (Å²) < 4.78 is 37.7. The van der Waals surface area contributed by atoms with Gasteiger partial charge in [0.1, 0.15) is 6.54 Å². The number of rotatable bonds is 3. The standard InChI is InChI=1S/C9H8F3N5O/c10-9(11,12)7-1-2-17(16-7)5-8(18)15-6-3-13-14-4-6/h1-4H,5H2,(H,13,14)(H,15,18). The van der Waals surface area contributed by atoms with Gasteiger partial charge in [0.15, 0.2) is 5.69 Å². The minimum Gasteiger partial charge on any atom is -0.322 e. The molecule has 0 aliphatic rings. The van der Waals surface area contributed by atoms with Crippen LogP contribution in [0.1, 0.15) is 5.69 Å². The molecule has 0 fully saturated rings. The van der Waals surface area contributed by atoms with Crippen molar-refractivity contribution in [3.05, 3.63) is 30.4 Å². The number of aromatic nitrogens is 4. The fourth-order valence-corrected chi connectivity index (χ4v) is 1.27. The summed E-state index contributed by atoms with van der Waals surface area (Å²) >= 11 is 0. The second kappa shape index (κ2) is 4.51. The number of nitrogens with one attached hydrogen (secondary N) is 2. The molecule has 6 nitrogen and oxygen atoms in total. The summed E-state index contributed by atoms with van der Waals surface area (Å²) in [5.41, 5.74) is -0.596. The van der Waals surface area contributed by atoms with Crippen LogP contribution in [0, 0.1) is 0 Å². The maximum atomic E-state index is 12.3. The molecular weight excluding hydrogens is 251 g/mol. The Morgan fingerprint density at radius 3 is 2.83 bits per heavy atom. The molecule has 2 heterocycles. The van der Waals surface area contributed by atoms with Gasteiger partial charge < -0.3 is 5.32 Å². The summed E-state index contributed by atoms with van der Waals surface area (Å²) in [4.78, 5) is 11.4. The Morgan fingerprint density at radius 2 is 2.28 bits per heavy atom. The first kappa shape index (κ1) is 12.1. The Bertz CT molecular complexity index is 531. The van der Waals surface area contributed by atoms with E-state index >= 15 is 0 Å². The minimum atomic E-state index is -4.51. The normalized spacial score (nSPS) is 11.5. The highest BCUT2D eigenvalue weighted by atomic mass is 19.4. The summed E-state index contributed by atoms with van der Waals surface area (Å²) in [5.74, 6) is -0.492. The maximum Gasteiger partial charge on any atom is 0.435 e. The van der Waals surface area contributed by atoms with Gasteiger partial charge in [0, 0.05) is 12.4 Å². The molecule has 2 N–H and O–H groups in total. The number of aromatic amines is 1. The van der Waals surface area contributed by atoms with Crippen LogP contribution in [-0.4, -0.2) is 25.9 Å². The third-order valence-electron chi connectivity index (χ3n) is 2.02. The Labute approximate surface area is 98.8 Å². The van der Waals surface area contributed by atoms with E-state index in [-0.39, 0.29) is 6.54 Å². The Kier molecular flexibility index (Phi) is 3.04. The summed E-state index contributed by atoms with van der Waals surface area (Å²) in [6.07, 6.45) is -0.589. The first-order valence-electron chi connectivity index (χ1n) is 4.84. The van der Waals surface area contributed by atoms with Gasteiger partial charge in [-0.05, 0) is 6.07 Å². The molecule has 0 radical (unpaired) electrons. The van der Waals surface area contributed by atoms with Gasteiger partial charge in [-0.1, -0.05) is 0 Å². The van der Waals surface area contributed by atoms with E-state index in [9.17, 15) is 18.0 Å². The molecule has 2 rings (SSSR count). The van der Waals surface area contributed by atoms with Crippen LogP contribution in [-0.2, 0) is 17.5 Å². The number of hydrogen-bond donors (Lipinski definition) is 2. The summed E-state index contributed by atoms with van der Waals surface area (Å²) in [5, 5.41) is 11.8. The predicted octanol–water partition coefficient (Wildman–Crippen LogP) is 1.26. The molecule has 9 heteroatoms. The molecule has 0 unspecified atom stereocenters. The molecule has 0 aromatic carbocycles. The van der Waals surface area contributed by atoms with E-state index in [4.69, 9.17) is 0 Å². The highest BCUT2D eigenvalue weighted by Gasteiger charge is 2.33. The lowest BCUT2D eigenvalue weighted by molar-refractivity contribution is -0.141. The van der Waals surface area contributed by atoms with Crippen LogP contribution in [0.5, 0.6) is 0 Å². The zero-order valence-corrected chi connectivity index (χ0v) is 8.90. The van der Waals surface area contributed by atoms with Crippen molar-refractivity contribution in [1.82, 2.24) is 20.0 Å². The molecule has 0 saturated heterocycles. The van der Waals surface area contributed by atoms with Gasteiger partial charge in [-0.15, -0.1) is 0 Å². The molecule has 18 heavy (non-hydrogen) atoms. The molecule has 2 aromatic heterocycles. The number of nitrogens with zero attached hydrogens (tertiary/aromatic N) is 3. The van der Waals surface area contributed by atoms with Crippen molar-refractivity contribution in [2.45, 2.75) is 12.7 Å². The summed E-state index contributed by atoms with van der Waals surface area (Å²) in [6, 6.07) is 0.811. The summed E-state index contributed by atoms with van der Waals surface area (Å²) in [7, 11) is 0. The zero-order valence-electron chi connectivity index (χ0n) is 8.90. The van der Waals surface area contributed by atoms with Crippen LogP contribution < -0.4 is 5.32 Å². The van der Waals surface area contributed by atoms with Gasteiger partial charge in [-0.3, -0.25) is 14.6 Å². The van der Waals surface area contributed by atoms with E-state index in [1.165, 1.54) is 12.4 Å². The lowest BCUT2D eigenvalue weighted by atomic mass is 10.4. The lowest BCUT2D eigenvalue weighted by Crippen LogP contribution is -2.19. The first-order valence-corrected chi connectivity index (χ1v) is 4.84. The van der Waals surface area contributed by atoms with Crippen LogP contribution in [0.4, 0.5) is 18.9 Å². The number of hydrogen-bond acceptors (Lipinski definition) is 3. The van der Waals surface area contributed by atoms with Crippen molar-refractivity contribution in [2.75, 3.05) is 5.32 Å². The van der Waals surface area contributed by atoms with E-state index < -0.39 is 17.8 Å². The number of carbonyl (C=O) groups is 1. The molecule has 0 bridgehead atoms. The molecular formula is C9H8F3N5O. The van der Waals surface area contributed by atoms with Crippen LogP contribution in [0.2, 0.25) is 0 Å². The fourth-order valence-electron chi connectivity index (χ4n) is 1.27. The van der Waals surface area contributed by atoms with Gasteiger partial charge in [-0.2, -0.15) is 23.4 Å². The second-order valence-electron chi connectivity index (χ2n) is 3.43. The number of H-pyrrole nitrogens is 1. The van der Waals surface area contributed by atoms with E-state index in [0.29, 0.717) is 5.69 Å². The Morgan fingerprint density at radius 1 is 1.50 bits per heavy atom. The van der Waals surface area contributed by atoms with Crippen LogP contribution >= 0.6 is 0 Å².